The van der Waals surface area contributed by atoms with Gasteiger partial charge in [-0.1, -0.05) is 12.1 Å². The van der Waals surface area contributed by atoms with E-state index in [4.69, 9.17) is 24.7 Å². The molecule has 1 unspecified atom stereocenters. The zero-order valence-corrected chi connectivity index (χ0v) is 19.9. The minimum atomic E-state index is -0.616. The van der Waals surface area contributed by atoms with E-state index >= 15 is 0 Å². The summed E-state index contributed by atoms with van der Waals surface area (Å²) in [5, 5.41) is 11.1. The molecule has 0 saturated carbocycles. The van der Waals surface area contributed by atoms with Gasteiger partial charge in [-0.05, 0) is 24.6 Å². The third-order valence-electron chi connectivity index (χ3n) is 4.97. The molecule has 2 aromatic carbocycles. The van der Waals surface area contributed by atoms with Crippen LogP contribution in [0.1, 0.15) is 13.3 Å². The minimum absolute atomic E-state index is 0. The van der Waals surface area contributed by atoms with Crippen LogP contribution in [0.5, 0.6) is 23.0 Å². The van der Waals surface area contributed by atoms with Gasteiger partial charge >= 0.3 is 0 Å². The van der Waals surface area contributed by atoms with Crippen LogP contribution in [0.15, 0.2) is 36.5 Å². The lowest BCUT2D eigenvalue weighted by Crippen LogP contribution is -2.34. The summed E-state index contributed by atoms with van der Waals surface area (Å²) in [7, 11) is 6.16. The number of amides is 1. The van der Waals surface area contributed by atoms with E-state index in [0.29, 0.717) is 46.5 Å². The molecular formula is C22H28ClN5O5. The van der Waals surface area contributed by atoms with Crippen LogP contribution in [0.4, 0.5) is 5.69 Å². The van der Waals surface area contributed by atoms with Crippen LogP contribution in [0.25, 0.3) is 16.9 Å². The number of carbonyl (C=O) groups is 1. The Labute approximate surface area is 198 Å². The Morgan fingerprint density at radius 1 is 1.03 bits per heavy atom. The number of halogens is 1. The summed E-state index contributed by atoms with van der Waals surface area (Å²) >= 11 is 0. The normalized spacial score (nSPS) is 11.2. The van der Waals surface area contributed by atoms with E-state index in [1.807, 2.05) is 13.0 Å². The molecule has 3 aromatic rings. The highest BCUT2D eigenvalue weighted by molar-refractivity contribution is 5.96. The molecule has 0 fully saturated rings. The lowest BCUT2D eigenvalue weighted by atomic mass is 10.1. The van der Waals surface area contributed by atoms with Gasteiger partial charge in [-0.25, -0.2) is 4.68 Å². The van der Waals surface area contributed by atoms with Gasteiger partial charge in [0.1, 0.15) is 5.75 Å². The first kappa shape index (κ1) is 25.8. The number of carbonyl (C=O) groups excluding carboxylic acids is 1. The van der Waals surface area contributed by atoms with Gasteiger partial charge in [0.15, 0.2) is 11.5 Å². The third-order valence-corrected chi connectivity index (χ3v) is 4.97. The Morgan fingerprint density at radius 2 is 1.67 bits per heavy atom. The fourth-order valence-electron chi connectivity index (χ4n) is 3.19. The highest BCUT2D eigenvalue weighted by atomic mass is 35.5. The van der Waals surface area contributed by atoms with Crippen molar-refractivity contribution in [1.29, 1.82) is 0 Å². The molecule has 0 aliphatic heterocycles. The van der Waals surface area contributed by atoms with E-state index in [1.165, 1.54) is 7.11 Å². The molecule has 1 heterocycles. The van der Waals surface area contributed by atoms with Crippen LogP contribution >= 0.6 is 12.4 Å². The van der Waals surface area contributed by atoms with Crippen LogP contribution in [0, 0.1) is 0 Å². The van der Waals surface area contributed by atoms with Crippen molar-refractivity contribution in [3.63, 3.8) is 0 Å². The van der Waals surface area contributed by atoms with Gasteiger partial charge in [0.25, 0.3) is 0 Å². The standard InChI is InChI=1S/C22H27N5O5.ClH/c1-6-15(23)22(28)25-16-9-13(7-8-18(16)29-2)17-12-24-26-27(17)14-10-19(30-3)21(32-5)20(11-14)31-4;/h7-12,15H,6,23H2,1-5H3,(H,25,28);1H. The van der Waals surface area contributed by atoms with Gasteiger partial charge in [0, 0.05) is 17.7 Å². The van der Waals surface area contributed by atoms with Gasteiger partial charge in [0.05, 0.1) is 57.7 Å². The summed E-state index contributed by atoms with van der Waals surface area (Å²) in [5.41, 5.74) is 8.44. The van der Waals surface area contributed by atoms with Crippen molar-refractivity contribution in [1.82, 2.24) is 15.0 Å². The quantitative estimate of drug-likeness (QED) is 0.482. The average Bonchev–Trinajstić information content (AvgIpc) is 3.32. The molecule has 0 radical (unpaired) electrons. The van der Waals surface area contributed by atoms with Crippen molar-refractivity contribution < 1.29 is 23.7 Å². The summed E-state index contributed by atoms with van der Waals surface area (Å²) in [6.07, 6.45) is 2.14. The van der Waals surface area contributed by atoms with Crippen LogP contribution in [-0.4, -0.2) is 55.4 Å². The first-order valence-electron chi connectivity index (χ1n) is 9.93. The molecule has 0 spiro atoms. The molecule has 0 aliphatic carbocycles. The molecule has 33 heavy (non-hydrogen) atoms. The SMILES string of the molecule is CCC(N)C(=O)Nc1cc(-c2cnnn2-c2cc(OC)c(OC)c(OC)c2)ccc1OC.Cl. The summed E-state index contributed by atoms with van der Waals surface area (Å²) < 4.78 is 23.3. The van der Waals surface area contributed by atoms with Gasteiger partial charge in [-0.3, -0.25) is 4.79 Å². The molecule has 3 rings (SSSR count). The smallest absolute Gasteiger partial charge is 0.241 e. The lowest BCUT2D eigenvalue weighted by molar-refractivity contribution is -0.117. The van der Waals surface area contributed by atoms with Gasteiger partial charge in [-0.15, -0.1) is 17.5 Å². The Balaban J connectivity index is 0.00000385. The largest absolute Gasteiger partial charge is 0.495 e. The Hall–Kier alpha value is -3.50. The van der Waals surface area contributed by atoms with E-state index in [0.717, 1.165) is 5.56 Å². The highest BCUT2D eigenvalue weighted by Crippen LogP contribution is 2.40. The van der Waals surface area contributed by atoms with Gasteiger partial charge in [-0.2, -0.15) is 0 Å². The molecule has 1 aromatic heterocycles. The zero-order valence-electron chi connectivity index (χ0n) is 19.1. The van der Waals surface area contributed by atoms with Crippen molar-refractivity contribution in [3.8, 4) is 39.9 Å². The summed E-state index contributed by atoms with van der Waals surface area (Å²) in [4.78, 5) is 12.3. The second kappa shape index (κ2) is 11.4. The maximum atomic E-state index is 12.3. The Bertz CT molecular complexity index is 1080. The van der Waals surface area contributed by atoms with E-state index in [-0.39, 0.29) is 18.3 Å². The van der Waals surface area contributed by atoms with E-state index < -0.39 is 6.04 Å². The number of methoxy groups -OCH3 is 4. The molecule has 0 aliphatic rings. The van der Waals surface area contributed by atoms with Crippen molar-refractivity contribution in [2.24, 2.45) is 5.73 Å². The van der Waals surface area contributed by atoms with Crippen LogP contribution in [0.2, 0.25) is 0 Å². The summed E-state index contributed by atoms with van der Waals surface area (Å²) in [6.45, 7) is 1.85. The fourth-order valence-corrected chi connectivity index (χ4v) is 3.19. The molecule has 0 saturated heterocycles. The number of rotatable bonds is 9. The highest BCUT2D eigenvalue weighted by Gasteiger charge is 2.19. The number of hydrogen-bond donors (Lipinski definition) is 2. The minimum Gasteiger partial charge on any atom is -0.495 e. The van der Waals surface area contributed by atoms with Gasteiger partial charge < -0.3 is 30.0 Å². The van der Waals surface area contributed by atoms with Crippen LogP contribution in [-0.2, 0) is 4.79 Å². The number of hydrogen-bond acceptors (Lipinski definition) is 8. The predicted octanol–water partition coefficient (Wildman–Crippen LogP) is 3.07. The second-order valence-electron chi connectivity index (χ2n) is 6.83. The Kier molecular flexibility index (Phi) is 8.89. The van der Waals surface area contributed by atoms with E-state index in [2.05, 4.69) is 15.6 Å². The predicted molar refractivity (Wildman–Crippen MR) is 127 cm³/mol. The molecule has 3 N–H and O–H groups in total. The third kappa shape index (κ3) is 5.29. The van der Waals surface area contributed by atoms with Crippen LogP contribution < -0.4 is 30.0 Å². The van der Waals surface area contributed by atoms with Crippen molar-refractivity contribution in [2.75, 3.05) is 33.8 Å². The van der Waals surface area contributed by atoms with Crippen molar-refractivity contribution in [2.45, 2.75) is 19.4 Å². The number of nitrogens with one attached hydrogen (secondary N) is 1. The van der Waals surface area contributed by atoms with E-state index in [9.17, 15) is 4.79 Å². The number of ether oxygens (including phenoxy) is 4. The number of anilines is 1. The fraction of sp³-hybridized carbons (Fsp3) is 0.318. The molecule has 178 valence electrons. The molecular weight excluding hydrogens is 450 g/mol. The number of benzene rings is 2. The maximum absolute atomic E-state index is 12.3. The maximum Gasteiger partial charge on any atom is 0.241 e. The van der Waals surface area contributed by atoms with Crippen molar-refractivity contribution >= 4 is 24.0 Å². The second-order valence-corrected chi connectivity index (χ2v) is 6.83. The lowest BCUT2D eigenvalue weighted by Gasteiger charge is -2.16. The molecule has 1 amide bonds. The first-order chi connectivity index (χ1) is 15.5. The average molecular weight is 478 g/mol. The molecule has 11 heteroatoms. The molecule has 0 bridgehead atoms. The number of nitrogens with two attached hydrogens (primary N) is 1. The first-order valence-corrected chi connectivity index (χ1v) is 9.93. The van der Waals surface area contributed by atoms with Gasteiger partial charge in [0.2, 0.25) is 11.7 Å². The molecule has 10 nitrogen and oxygen atoms in total. The Morgan fingerprint density at radius 3 is 2.21 bits per heavy atom. The topological polar surface area (TPSA) is 123 Å². The van der Waals surface area contributed by atoms with Crippen LogP contribution in [0.3, 0.4) is 0 Å². The zero-order chi connectivity index (χ0) is 23.3. The van der Waals surface area contributed by atoms with Crippen molar-refractivity contribution in [3.05, 3.63) is 36.5 Å². The summed E-state index contributed by atoms with van der Waals surface area (Å²) in [5.74, 6) is 1.66. The monoisotopic (exact) mass is 477 g/mol. The number of nitrogens with zero attached hydrogens (tertiary/aromatic N) is 3. The van der Waals surface area contributed by atoms with E-state index in [1.54, 1.807) is 56.5 Å². The summed E-state index contributed by atoms with van der Waals surface area (Å²) in [6, 6.07) is 8.32. The number of aromatic nitrogens is 3. The molecule has 1 atom stereocenters.